The molecule has 0 aliphatic heterocycles. The zero-order chi connectivity index (χ0) is 14.9. The number of benzene rings is 2. The lowest BCUT2D eigenvalue weighted by Crippen LogP contribution is -2.20. The first-order chi connectivity index (χ1) is 10.2. The molecule has 1 N–H and O–H groups in total. The van der Waals surface area contributed by atoms with E-state index in [4.69, 9.17) is 0 Å². The molecule has 0 aliphatic carbocycles. The molecule has 0 saturated heterocycles. The molecule has 2 rings (SSSR count). The van der Waals surface area contributed by atoms with Crippen LogP contribution in [0.15, 0.2) is 60.7 Å². The molecular weight excluding hydrogens is 265 g/mol. The van der Waals surface area contributed by atoms with Crippen molar-refractivity contribution in [3.05, 3.63) is 77.6 Å². The zero-order valence-electron chi connectivity index (χ0n) is 11.3. The Labute approximate surface area is 123 Å². The molecule has 0 atom stereocenters. The fourth-order valence-electron chi connectivity index (χ4n) is 1.64. The molecule has 2 nitrogen and oxygen atoms in total. The molecule has 0 aromatic heterocycles. The van der Waals surface area contributed by atoms with Crippen molar-refractivity contribution in [1.82, 2.24) is 5.32 Å². The second-order valence-electron chi connectivity index (χ2n) is 4.27. The number of hydrogen-bond donors (Lipinski definition) is 1. The summed E-state index contributed by atoms with van der Waals surface area (Å²) in [6.07, 6.45) is 2.92. The Kier molecular flexibility index (Phi) is 5.31. The predicted molar refractivity (Wildman–Crippen MR) is 81.8 cm³/mol. The highest BCUT2D eigenvalue weighted by Crippen LogP contribution is 2.04. The van der Waals surface area contributed by atoms with Gasteiger partial charge in [0, 0.05) is 11.6 Å². The Morgan fingerprint density at radius 2 is 1.95 bits per heavy atom. The van der Waals surface area contributed by atoms with Gasteiger partial charge < -0.3 is 5.32 Å². The smallest absolute Gasteiger partial charge is 0.244 e. The average molecular weight is 279 g/mol. The summed E-state index contributed by atoms with van der Waals surface area (Å²) in [5.41, 5.74) is 1.54. The van der Waals surface area contributed by atoms with Gasteiger partial charge in [-0.15, -0.1) is 0 Å². The van der Waals surface area contributed by atoms with E-state index < -0.39 is 0 Å². The van der Waals surface area contributed by atoms with E-state index in [0.29, 0.717) is 5.56 Å². The van der Waals surface area contributed by atoms with Crippen molar-refractivity contribution >= 4 is 12.0 Å². The van der Waals surface area contributed by atoms with Crippen LogP contribution in [0.3, 0.4) is 0 Å². The summed E-state index contributed by atoms with van der Waals surface area (Å²) >= 11 is 0. The molecule has 2 aromatic rings. The summed E-state index contributed by atoms with van der Waals surface area (Å²) in [6.45, 7) is 0.265. The van der Waals surface area contributed by atoms with Gasteiger partial charge in [0.2, 0.25) is 5.91 Å². The molecule has 0 heterocycles. The van der Waals surface area contributed by atoms with Crippen molar-refractivity contribution < 1.29 is 9.18 Å². The third kappa shape index (κ3) is 5.33. The molecule has 0 spiro atoms. The number of hydrogen-bond acceptors (Lipinski definition) is 1. The minimum atomic E-state index is -0.328. The van der Waals surface area contributed by atoms with E-state index in [0.717, 1.165) is 5.56 Å². The van der Waals surface area contributed by atoms with Crippen LogP contribution in [0.4, 0.5) is 4.39 Å². The van der Waals surface area contributed by atoms with Gasteiger partial charge in [-0.2, -0.15) is 0 Å². The van der Waals surface area contributed by atoms with Gasteiger partial charge in [0.15, 0.2) is 0 Å². The minimum Gasteiger partial charge on any atom is -0.342 e. The van der Waals surface area contributed by atoms with Crippen LogP contribution in [0.2, 0.25) is 0 Å². The monoisotopic (exact) mass is 279 g/mol. The third-order valence-electron chi connectivity index (χ3n) is 2.63. The number of halogens is 1. The average Bonchev–Trinajstić information content (AvgIpc) is 2.51. The minimum absolute atomic E-state index is 0.262. The van der Waals surface area contributed by atoms with Crippen LogP contribution >= 0.6 is 0 Å². The van der Waals surface area contributed by atoms with Crippen molar-refractivity contribution in [3.63, 3.8) is 0 Å². The quantitative estimate of drug-likeness (QED) is 0.679. The first-order valence-electron chi connectivity index (χ1n) is 6.49. The second-order valence-corrected chi connectivity index (χ2v) is 4.27. The standard InChI is InChI=1S/C18H14FNO/c19-17-10-4-8-16(14-17)11-12-18(21)20-13-5-9-15-6-2-1-3-7-15/h1-4,6-8,10-12,14H,13H2,(H,20,21)/b12-11+. The molecule has 2 aromatic carbocycles. The van der Waals surface area contributed by atoms with Gasteiger partial charge in [-0.1, -0.05) is 42.2 Å². The van der Waals surface area contributed by atoms with Crippen molar-refractivity contribution in [1.29, 1.82) is 0 Å². The molecule has 0 radical (unpaired) electrons. The van der Waals surface area contributed by atoms with E-state index in [1.54, 1.807) is 18.2 Å². The molecule has 0 aliphatic rings. The molecule has 0 unspecified atom stereocenters. The van der Waals surface area contributed by atoms with Crippen LogP contribution in [0.25, 0.3) is 6.08 Å². The van der Waals surface area contributed by atoms with Gasteiger partial charge >= 0.3 is 0 Å². The Balaban J connectivity index is 1.82. The number of carbonyl (C=O) groups is 1. The van der Waals surface area contributed by atoms with E-state index in [9.17, 15) is 9.18 Å². The molecule has 0 fully saturated rings. The van der Waals surface area contributed by atoms with Crippen LogP contribution in [0, 0.1) is 17.7 Å². The fourth-order valence-corrected chi connectivity index (χ4v) is 1.64. The molecule has 104 valence electrons. The van der Waals surface area contributed by atoms with Crippen LogP contribution in [-0.4, -0.2) is 12.5 Å². The molecule has 21 heavy (non-hydrogen) atoms. The highest BCUT2D eigenvalue weighted by molar-refractivity contribution is 5.91. The largest absolute Gasteiger partial charge is 0.342 e. The van der Waals surface area contributed by atoms with Crippen molar-refractivity contribution in [2.24, 2.45) is 0 Å². The SMILES string of the molecule is O=C(/C=C/c1cccc(F)c1)NCC#Cc1ccccc1. The van der Waals surface area contributed by atoms with E-state index >= 15 is 0 Å². The summed E-state index contributed by atoms with van der Waals surface area (Å²) < 4.78 is 12.9. The Morgan fingerprint density at radius 3 is 2.71 bits per heavy atom. The maximum Gasteiger partial charge on any atom is 0.244 e. The van der Waals surface area contributed by atoms with Crippen molar-refractivity contribution in [2.75, 3.05) is 6.54 Å². The first-order valence-corrected chi connectivity index (χ1v) is 6.49. The van der Waals surface area contributed by atoms with Gasteiger partial charge in [-0.25, -0.2) is 4.39 Å². The lowest BCUT2D eigenvalue weighted by Gasteiger charge is -1.96. The van der Waals surface area contributed by atoms with Gasteiger partial charge in [-0.05, 0) is 35.9 Å². The fraction of sp³-hybridized carbons (Fsp3) is 0.0556. The number of amides is 1. The third-order valence-corrected chi connectivity index (χ3v) is 2.63. The molecule has 1 amide bonds. The first kappa shape index (κ1) is 14.5. The molecule has 0 bridgehead atoms. The highest BCUT2D eigenvalue weighted by atomic mass is 19.1. The van der Waals surface area contributed by atoms with E-state index in [2.05, 4.69) is 17.2 Å². The Morgan fingerprint density at radius 1 is 1.14 bits per heavy atom. The lowest BCUT2D eigenvalue weighted by molar-refractivity contribution is -0.116. The summed E-state index contributed by atoms with van der Waals surface area (Å²) in [5.74, 6) is 5.22. The molecular formula is C18H14FNO. The van der Waals surface area contributed by atoms with Gasteiger partial charge in [0.1, 0.15) is 5.82 Å². The van der Waals surface area contributed by atoms with Crippen molar-refractivity contribution in [3.8, 4) is 11.8 Å². The van der Waals surface area contributed by atoms with Gasteiger partial charge in [-0.3, -0.25) is 4.79 Å². The predicted octanol–water partition coefficient (Wildman–Crippen LogP) is 3.01. The van der Waals surface area contributed by atoms with Crippen LogP contribution in [0.5, 0.6) is 0 Å². The van der Waals surface area contributed by atoms with Gasteiger partial charge in [0.25, 0.3) is 0 Å². The van der Waals surface area contributed by atoms with E-state index in [1.807, 2.05) is 30.3 Å². The molecule has 3 heteroatoms. The number of carbonyl (C=O) groups excluding carboxylic acids is 1. The summed E-state index contributed by atoms with van der Waals surface area (Å²) in [4.78, 5) is 11.6. The summed E-state index contributed by atoms with van der Waals surface area (Å²) in [6, 6.07) is 15.6. The van der Waals surface area contributed by atoms with E-state index in [1.165, 1.54) is 18.2 Å². The maximum absolute atomic E-state index is 12.9. The molecule has 0 saturated carbocycles. The zero-order valence-corrected chi connectivity index (χ0v) is 11.3. The lowest BCUT2D eigenvalue weighted by atomic mass is 10.2. The number of rotatable bonds is 3. The topological polar surface area (TPSA) is 29.1 Å². The number of nitrogens with one attached hydrogen (secondary N) is 1. The van der Waals surface area contributed by atoms with Crippen LogP contribution in [-0.2, 0) is 4.79 Å². The van der Waals surface area contributed by atoms with E-state index in [-0.39, 0.29) is 18.3 Å². The summed E-state index contributed by atoms with van der Waals surface area (Å²) in [7, 11) is 0. The summed E-state index contributed by atoms with van der Waals surface area (Å²) in [5, 5.41) is 2.64. The second kappa shape index (κ2) is 7.66. The van der Waals surface area contributed by atoms with Crippen LogP contribution in [0.1, 0.15) is 11.1 Å². The highest BCUT2D eigenvalue weighted by Gasteiger charge is 1.94. The van der Waals surface area contributed by atoms with Crippen molar-refractivity contribution in [2.45, 2.75) is 0 Å². The Bertz CT molecular complexity index is 696. The van der Waals surface area contributed by atoms with Crippen LogP contribution < -0.4 is 5.32 Å². The normalized spacial score (nSPS) is 9.95. The maximum atomic E-state index is 12.9. The van der Waals surface area contributed by atoms with Gasteiger partial charge in [0.05, 0.1) is 6.54 Å². The Hall–Kier alpha value is -2.86.